The molecule has 2 aromatic rings. The molecule has 0 unspecified atom stereocenters. The Bertz CT molecular complexity index is 715. The highest BCUT2D eigenvalue weighted by Crippen LogP contribution is 2.30. The Hall–Kier alpha value is -2.45. The van der Waals surface area contributed by atoms with Crippen molar-refractivity contribution in [3.8, 4) is 16.9 Å². The number of alkyl halides is 6. The summed E-state index contributed by atoms with van der Waals surface area (Å²) in [4.78, 5) is 13.1. The Kier molecular flexibility index (Phi) is 3.90. The van der Waals surface area contributed by atoms with Crippen molar-refractivity contribution in [3.05, 3.63) is 52.4 Å². The zero-order valence-corrected chi connectivity index (χ0v) is 10.5. The lowest BCUT2D eigenvalue weighted by molar-refractivity contribution is -0.274. The van der Waals surface area contributed by atoms with Gasteiger partial charge in [-0.25, -0.2) is 0 Å². The molecule has 22 heavy (non-hydrogen) atoms. The van der Waals surface area contributed by atoms with Gasteiger partial charge in [0.1, 0.15) is 11.3 Å². The predicted octanol–water partition coefficient (Wildman–Crippen LogP) is 3.96. The second kappa shape index (κ2) is 5.39. The molecule has 1 aromatic carbocycles. The topological polar surface area (TPSA) is 42.1 Å². The fourth-order valence-electron chi connectivity index (χ4n) is 1.71. The van der Waals surface area contributed by atoms with Crippen LogP contribution >= 0.6 is 0 Å². The molecule has 0 aliphatic heterocycles. The highest BCUT2D eigenvalue weighted by molar-refractivity contribution is 5.64. The molecule has 0 aliphatic carbocycles. The summed E-state index contributed by atoms with van der Waals surface area (Å²) in [6.07, 6.45) is -8.65. The number of halogens is 6. The monoisotopic (exact) mass is 323 g/mol. The molecule has 1 heterocycles. The summed E-state index contributed by atoms with van der Waals surface area (Å²) in [6.45, 7) is 0. The summed E-state index contributed by atoms with van der Waals surface area (Å²) >= 11 is 0. The molecule has 3 nitrogen and oxygen atoms in total. The van der Waals surface area contributed by atoms with Gasteiger partial charge in [-0.2, -0.15) is 13.2 Å². The predicted molar refractivity (Wildman–Crippen MR) is 64.2 cm³/mol. The molecular weight excluding hydrogens is 316 g/mol. The standard InChI is InChI=1S/C13H7F6NO2/c14-12(15,16)10-5-8(6-20-11(10)21)7-1-3-9(4-2-7)22-13(17,18)19/h1-6H,(H,20,21). The Balaban J connectivity index is 2.35. The van der Waals surface area contributed by atoms with Crippen molar-refractivity contribution >= 4 is 0 Å². The first kappa shape index (κ1) is 15.9. The van der Waals surface area contributed by atoms with E-state index in [1.165, 1.54) is 0 Å². The molecule has 0 aliphatic rings. The normalized spacial score (nSPS) is 12.3. The van der Waals surface area contributed by atoms with Gasteiger partial charge in [0.05, 0.1) is 0 Å². The number of pyridine rings is 1. The van der Waals surface area contributed by atoms with Crippen LogP contribution in [0.1, 0.15) is 5.56 Å². The minimum absolute atomic E-state index is 0.00508. The van der Waals surface area contributed by atoms with E-state index < -0.39 is 29.4 Å². The maximum atomic E-state index is 12.6. The summed E-state index contributed by atoms with van der Waals surface area (Å²) in [7, 11) is 0. The van der Waals surface area contributed by atoms with E-state index in [2.05, 4.69) is 4.74 Å². The van der Waals surface area contributed by atoms with E-state index in [1.807, 2.05) is 4.98 Å². The number of aromatic nitrogens is 1. The van der Waals surface area contributed by atoms with Crippen molar-refractivity contribution < 1.29 is 31.1 Å². The highest BCUT2D eigenvalue weighted by atomic mass is 19.4. The van der Waals surface area contributed by atoms with Gasteiger partial charge in [-0.05, 0) is 29.3 Å². The van der Waals surface area contributed by atoms with Crippen molar-refractivity contribution in [2.24, 2.45) is 0 Å². The SMILES string of the molecule is O=c1[nH]cc(-c2ccc(OC(F)(F)F)cc2)cc1C(F)(F)F. The quantitative estimate of drug-likeness (QED) is 0.850. The number of aromatic amines is 1. The highest BCUT2D eigenvalue weighted by Gasteiger charge is 2.34. The van der Waals surface area contributed by atoms with E-state index in [-0.39, 0.29) is 11.1 Å². The Morgan fingerprint density at radius 3 is 2.00 bits per heavy atom. The number of rotatable bonds is 2. The van der Waals surface area contributed by atoms with E-state index in [9.17, 15) is 31.1 Å². The first-order valence-electron chi connectivity index (χ1n) is 5.72. The number of benzene rings is 1. The average molecular weight is 323 g/mol. The van der Waals surface area contributed by atoms with Crippen LogP contribution in [-0.2, 0) is 6.18 Å². The van der Waals surface area contributed by atoms with Crippen LogP contribution in [0.15, 0.2) is 41.3 Å². The second-order valence-electron chi connectivity index (χ2n) is 4.20. The summed E-state index contributed by atoms with van der Waals surface area (Å²) < 4.78 is 77.6. The van der Waals surface area contributed by atoms with Crippen LogP contribution in [0.4, 0.5) is 26.3 Å². The molecule has 2 rings (SSSR count). The molecular formula is C13H7F6NO2. The number of H-pyrrole nitrogens is 1. The van der Waals surface area contributed by atoms with Crippen molar-refractivity contribution in [2.75, 3.05) is 0 Å². The van der Waals surface area contributed by atoms with Crippen LogP contribution in [0.5, 0.6) is 5.75 Å². The summed E-state index contributed by atoms with van der Waals surface area (Å²) in [5, 5.41) is 0. The number of nitrogens with one attached hydrogen (secondary N) is 1. The van der Waals surface area contributed by atoms with E-state index in [1.54, 1.807) is 0 Å². The Morgan fingerprint density at radius 1 is 0.909 bits per heavy atom. The van der Waals surface area contributed by atoms with E-state index >= 15 is 0 Å². The van der Waals surface area contributed by atoms with Crippen LogP contribution in [0.25, 0.3) is 11.1 Å². The molecule has 0 bridgehead atoms. The van der Waals surface area contributed by atoms with Crippen molar-refractivity contribution in [2.45, 2.75) is 12.5 Å². The smallest absolute Gasteiger partial charge is 0.406 e. The van der Waals surface area contributed by atoms with E-state index in [4.69, 9.17) is 0 Å². The van der Waals surface area contributed by atoms with Gasteiger partial charge < -0.3 is 9.72 Å². The lowest BCUT2D eigenvalue weighted by Crippen LogP contribution is -2.20. The fourth-order valence-corrected chi connectivity index (χ4v) is 1.71. The molecule has 0 fully saturated rings. The molecule has 0 atom stereocenters. The third-order valence-electron chi connectivity index (χ3n) is 2.63. The molecule has 9 heteroatoms. The van der Waals surface area contributed by atoms with Crippen molar-refractivity contribution in [1.82, 2.24) is 4.98 Å². The zero-order chi connectivity index (χ0) is 16.5. The van der Waals surface area contributed by atoms with Gasteiger partial charge in [0.25, 0.3) is 5.56 Å². The summed E-state index contributed by atoms with van der Waals surface area (Å²) in [5.41, 5.74) is -2.49. The van der Waals surface area contributed by atoms with Gasteiger partial charge in [-0.1, -0.05) is 12.1 Å². The Labute approximate surface area is 119 Å². The van der Waals surface area contributed by atoms with Gasteiger partial charge in [0, 0.05) is 6.20 Å². The first-order valence-corrected chi connectivity index (χ1v) is 5.72. The molecule has 1 N–H and O–H groups in total. The van der Waals surface area contributed by atoms with Gasteiger partial charge in [-0.15, -0.1) is 13.2 Å². The third kappa shape index (κ3) is 3.80. The third-order valence-corrected chi connectivity index (χ3v) is 2.63. The first-order chi connectivity index (χ1) is 10.1. The maximum Gasteiger partial charge on any atom is 0.573 e. The number of hydrogen-bond donors (Lipinski definition) is 1. The number of hydrogen-bond acceptors (Lipinski definition) is 2. The lowest BCUT2D eigenvalue weighted by Gasteiger charge is -2.10. The van der Waals surface area contributed by atoms with Gasteiger partial charge in [0.15, 0.2) is 0 Å². The summed E-state index contributed by atoms with van der Waals surface area (Å²) in [5.74, 6) is -0.503. The van der Waals surface area contributed by atoms with Crippen LogP contribution in [0, 0.1) is 0 Å². The second-order valence-corrected chi connectivity index (χ2v) is 4.20. The molecule has 0 spiro atoms. The minimum atomic E-state index is -4.86. The van der Waals surface area contributed by atoms with E-state index in [0.29, 0.717) is 6.07 Å². The molecule has 1 aromatic heterocycles. The maximum absolute atomic E-state index is 12.6. The van der Waals surface area contributed by atoms with Crippen molar-refractivity contribution in [1.29, 1.82) is 0 Å². The lowest BCUT2D eigenvalue weighted by atomic mass is 10.1. The number of ether oxygens (including phenoxy) is 1. The Morgan fingerprint density at radius 2 is 1.50 bits per heavy atom. The van der Waals surface area contributed by atoms with E-state index in [0.717, 1.165) is 30.5 Å². The average Bonchev–Trinajstić information content (AvgIpc) is 2.37. The fraction of sp³-hybridized carbons (Fsp3) is 0.154. The van der Waals surface area contributed by atoms with Gasteiger partial charge >= 0.3 is 12.5 Å². The van der Waals surface area contributed by atoms with Crippen LogP contribution < -0.4 is 10.3 Å². The van der Waals surface area contributed by atoms with Crippen LogP contribution in [0.3, 0.4) is 0 Å². The zero-order valence-electron chi connectivity index (χ0n) is 10.5. The molecule has 0 amide bonds. The summed E-state index contributed by atoms with van der Waals surface area (Å²) in [6, 6.07) is 4.84. The minimum Gasteiger partial charge on any atom is -0.406 e. The largest absolute Gasteiger partial charge is 0.573 e. The van der Waals surface area contributed by atoms with Crippen LogP contribution in [-0.4, -0.2) is 11.3 Å². The molecule has 0 radical (unpaired) electrons. The van der Waals surface area contributed by atoms with Crippen molar-refractivity contribution in [3.63, 3.8) is 0 Å². The molecule has 0 saturated carbocycles. The molecule has 0 saturated heterocycles. The molecule has 118 valence electrons. The van der Waals surface area contributed by atoms with Gasteiger partial charge in [0.2, 0.25) is 0 Å². The van der Waals surface area contributed by atoms with Crippen LogP contribution in [0.2, 0.25) is 0 Å². The van der Waals surface area contributed by atoms with Gasteiger partial charge in [-0.3, -0.25) is 4.79 Å².